The number of rotatable bonds is 6. The molecule has 27 heavy (non-hydrogen) atoms. The van der Waals surface area contributed by atoms with Crippen LogP contribution in [0.5, 0.6) is 5.75 Å². The molecule has 1 atom stereocenters. The molecule has 4 rings (SSSR count). The molecule has 0 unspecified atom stereocenters. The number of fused-ring (bicyclic) bond motifs is 1. The van der Waals surface area contributed by atoms with Gasteiger partial charge < -0.3 is 10.1 Å². The summed E-state index contributed by atoms with van der Waals surface area (Å²) in [6.45, 7) is 1.10. The van der Waals surface area contributed by atoms with Gasteiger partial charge in [-0.25, -0.2) is 9.67 Å². The van der Waals surface area contributed by atoms with Crippen molar-refractivity contribution in [1.29, 1.82) is 0 Å². The zero-order valence-electron chi connectivity index (χ0n) is 15.0. The van der Waals surface area contributed by atoms with Crippen molar-refractivity contribution in [3.63, 3.8) is 0 Å². The van der Waals surface area contributed by atoms with E-state index in [1.807, 2.05) is 36.4 Å². The number of hydrogen-bond donors (Lipinski definition) is 1. The maximum absolute atomic E-state index is 12.8. The Morgan fingerprint density at radius 2 is 2.15 bits per heavy atom. The van der Waals surface area contributed by atoms with Crippen molar-refractivity contribution in [2.75, 3.05) is 11.9 Å². The molecule has 6 heteroatoms. The molecule has 0 radical (unpaired) electrons. The maximum atomic E-state index is 12.8. The average Bonchev–Trinajstić information content (AvgIpc) is 3.21. The van der Waals surface area contributed by atoms with Gasteiger partial charge in [0.1, 0.15) is 25.0 Å². The van der Waals surface area contributed by atoms with Crippen molar-refractivity contribution >= 4 is 11.6 Å². The van der Waals surface area contributed by atoms with Gasteiger partial charge in [-0.1, -0.05) is 30.3 Å². The SMILES string of the molecule is O=C(Nc1cccc(OCCn2cncn2)c1)[C@@H]1CCCc2ccccc21. The fraction of sp³-hybridized carbons (Fsp3) is 0.286. The number of nitrogens with one attached hydrogen (secondary N) is 1. The van der Waals surface area contributed by atoms with Crippen LogP contribution in [0.2, 0.25) is 0 Å². The van der Waals surface area contributed by atoms with Gasteiger partial charge in [-0.05, 0) is 42.5 Å². The minimum Gasteiger partial charge on any atom is -0.492 e. The van der Waals surface area contributed by atoms with Crippen LogP contribution in [0, 0.1) is 0 Å². The van der Waals surface area contributed by atoms with E-state index >= 15 is 0 Å². The lowest BCUT2D eigenvalue weighted by molar-refractivity contribution is -0.117. The van der Waals surface area contributed by atoms with Gasteiger partial charge in [0.2, 0.25) is 5.91 Å². The first-order valence-electron chi connectivity index (χ1n) is 9.23. The smallest absolute Gasteiger partial charge is 0.231 e. The summed E-state index contributed by atoms with van der Waals surface area (Å²) >= 11 is 0. The second kappa shape index (κ2) is 8.03. The normalized spacial score (nSPS) is 15.8. The average molecular weight is 362 g/mol. The third kappa shape index (κ3) is 4.16. The number of benzene rings is 2. The van der Waals surface area contributed by atoms with Crippen LogP contribution in [0.15, 0.2) is 61.2 Å². The van der Waals surface area contributed by atoms with E-state index in [-0.39, 0.29) is 11.8 Å². The van der Waals surface area contributed by atoms with E-state index in [0.717, 1.165) is 36.3 Å². The minimum atomic E-state index is -0.0909. The summed E-state index contributed by atoms with van der Waals surface area (Å²) in [5, 5.41) is 7.09. The van der Waals surface area contributed by atoms with Crippen molar-refractivity contribution < 1.29 is 9.53 Å². The van der Waals surface area contributed by atoms with Gasteiger partial charge in [0, 0.05) is 11.8 Å². The molecule has 6 nitrogen and oxygen atoms in total. The summed E-state index contributed by atoms with van der Waals surface area (Å²) in [5.41, 5.74) is 3.19. The van der Waals surface area contributed by atoms with Crippen LogP contribution in [-0.4, -0.2) is 27.3 Å². The van der Waals surface area contributed by atoms with Crippen molar-refractivity contribution in [3.05, 3.63) is 72.3 Å². The van der Waals surface area contributed by atoms with E-state index in [2.05, 4.69) is 27.5 Å². The van der Waals surface area contributed by atoms with Gasteiger partial charge in [-0.2, -0.15) is 5.10 Å². The summed E-state index contributed by atoms with van der Waals surface area (Å²) < 4.78 is 7.48. The molecule has 0 saturated carbocycles. The summed E-state index contributed by atoms with van der Waals surface area (Å²) in [5.74, 6) is 0.672. The molecule has 1 heterocycles. The van der Waals surface area contributed by atoms with Crippen molar-refractivity contribution in [2.45, 2.75) is 31.7 Å². The molecule has 0 fully saturated rings. The number of amides is 1. The van der Waals surface area contributed by atoms with Crippen LogP contribution >= 0.6 is 0 Å². The van der Waals surface area contributed by atoms with Crippen LogP contribution in [0.4, 0.5) is 5.69 Å². The fourth-order valence-corrected chi connectivity index (χ4v) is 3.52. The lowest BCUT2D eigenvalue weighted by Gasteiger charge is -2.24. The molecular formula is C21H22N4O2. The highest BCUT2D eigenvalue weighted by Gasteiger charge is 2.26. The van der Waals surface area contributed by atoms with Crippen LogP contribution in [0.25, 0.3) is 0 Å². The predicted octanol–water partition coefficient (Wildman–Crippen LogP) is 3.42. The van der Waals surface area contributed by atoms with Gasteiger partial charge >= 0.3 is 0 Å². The minimum absolute atomic E-state index is 0.0434. The molecule has 3 aromatic rings. The van der Waals surface area contributed by atoms with Crippen molar-refractivity contribution in [1.82, 2.24) is 14.8 Å². The van der Waals surface area contributed by atoms with Gasteiger partial charge in [-0.15, -0.1) is 0 Å². The number of nitrogens with zero attached hydrogens (tertiary/aromatic N) is 3. The van der Waals surface area contributed by atoms with Gasteiger partial charge in [0.05, 0.1) is 12.5 Å². The number of aryl methyl sites for hydroxylation is 1. The number of carbonyl (C=O) groups is 1. The van der Waals surface area contributed by atoms with Crippen LogP contribution in [-0.2, 0) is 17.8 Å². The Kier molecular flexibility index (Phi) is 5.14. The number of carbonyl (C=O) groups excluding carboxylic acids is 1. The second-order valence-electron chi connectivity index (χ2n) is 6.67. The molecule has 0 saturated heterocycles. The molecule has 138 valence electrons. The molecule has 0 aliphatic heterocycles. The van der Waals surface area contributed by atoms with E-state index in [1.165, 1.54) is 11.9 Å². The Morgan fingerprint density at radius 3 is 3.04 bits per heavy atom. The first-order chi connectivity index (χ1) is 13.3. The summed E-state index contributed by atoms with van der Waals surface area (Å²) in [7, 11) is 0. The zero-order valence-corrected chi connectivity index (χ0v) is 15.0. The molecular weight excluding hydrogens is 340 g/mol. The summed E-state index contributed by atoms with van der Waals surface area (Å²) in [6, 6.07) is 15.8. The number of hydrogen-bond acceptors (Lipinski definition) is 4. The number of anilines is 1. The molecule has 1 aliphatic rings. The number of aromatic nitrogens is 3. The van der Waals surface area contributed by atoms with Gasteiger partial charge in [0.25, 0.3) is 0 Å². The molecule has 2 aromatic carbocycles. The largest absolute Gasteiger partial charge is 0.492 e. The lowest BCUT2D eigenvalue weighted by atomic mass is 9.82. The number of ether oxygens (including phenoxy) is 1. The van der Waals surface area contributed by atoms with Crippen molar-refractivity contribution in [2.24, 2.45) is 0 Å². The third-order valence-electron chi connectivity index (χ3n) is 4.84. The van der Waals surface area contributed by atoms with Crippen molar-refractivity contribution in [3.8, 4) is 5.75 Å². The highest BCUT2D eigenvalue weighted by molar-refractivity contribution is 5.96. The lowest BCUT2D eigenvalue weighted by Crippen LogP contribution is -2.24. The third-order valence-corrected chi connectivity index (χ3v) is 4.84. The van der Waals surface area contributed by atoms with Gasteiger partial charge in [0.15, 0.2) is 0 Å². The molecule has 1 N–H and O–H groups in total. The maximum Gasteiger partial charge on any atom is 0.231 e. The molecule has 1 aliphatic carbocycles. The molecule has 0 spiro atoms. The van der Waals surface area contributed by atoms with E-state index < -0.39 is 0 Å². The van der Waals surface area contributed by atoms with Crippen LogP contribution in [0.1, 0.15) is 29.9 Å². The second-order valence-corrected chi connectivity index (χ2v) is 6.67. The summed E-state index contributed by atoms with van der Waals surface area (Å²) in [4.78, 5) is 16.7. The van der Waals surface area contributed by atoms with Crippen LogP contribution < -0.4 is 10.1 Å². The summed E-state index contributed by atoms with van der Waals surface area (Å²) in [6.07, 6.45) is 6.13. The topological polar surface area (TPSA) is 69.0 Å². The standard InChI is InChI=1S/C21H22N4O2/c26-21(20-10-3-6-16-5-1-2-9-19(16)20)24-17-7-4-8-18(13-17)27-12-11-25-15-22-14-23-25/h1-2,4-5,7-9,13-15,20H,3,6,10-12H2,(H,24,26)/t20-/m1/s1. The van der Waals surface area contributed by atoms with Gasteiger partial charge in [-0.3, -0.25) is 4.79 Å². The fourth-order valence-electron chi connectivity index (χ4n) is 3.52. The Bertz CT molecular complexity index is 908. The molecule has 1 amide bonds. The van der Waals surface area contributed by atoms with E-state index in [4.69, 9.17) is 4.74 Å². The Morgan fingerprint density at radius 1 is 1.22 bits per heavy atom. The Labute approximate surface area is 158 Å². The molecule has 1 aromatic heterocycles. The van der Waals surface area contributed by atoms with Crippen LogP contribution in [0.3, 0.4) is 0 Å². The first-order valence-corrected chi connectivity index (χ1v) is 9.23. The Balaban J connectivity index is 1.39. The monoisotopic (exact) mass is 362 g/mol. The molecule has 0 bridgehead atoms. The quantitative estimate of drug-likeness (QED) is 0.729. The first kappa shape index (κ1) is 17.3. The predicted molar refractivity (Wildman–Crippen MR) is 103 cm³/mol. The van der Waals surface area contributed by atoms with E-state index in [0.29, 0.717) is 13.2 Å². The highest BCUT2D eigenvalue weighted by atomic mass is 16.5. The Hall–Kier alpha value is -3.15. The van der Waals surface area contributed by atoms with E-state index in [1.54, 1.807) is 11.0 Å². The zero-order chi connectivity index (χ0) is 18.5. The van der Waals surface area contributed by atoms with E-state index in [9.17, 15) is 4.79 Å². The highest BCUT2D eigenvalue weighted by Crippen LogP contribution is 2.32.